The molecule has 20 heavy (non-hydrogen) atoms. The minimum Gasteiger partial charge on any atom is -0.549 e. The van der Waals surface area contributed by atoms with Gasteiger partial charge in [-0.25, -0.2) is 0 Å². The Morgan fingerprint density at radius 1 is 0.700 bits per heavy atom. The Labute approximate surface area is 147 Å². The van der Waals surface area contributed by atoms with Gasteiger partial charge in [-0.05, 0) is 0 Å². The maximum absolute atomic E-state index is 9.27. The van der Waals surface area contributed by atoms with E-state index in [9.17, 15) is 29.7 Å². The van der Waals surface area contributed by atoms with Crippen LogP contribution >= 0.6 is 0 Å². The molecule has 0 spiro atoms. The average Bonchev–Trinajstić information content (AvgIpc) is 2.18. The van der Waals surface area contributed by atoms with Crippen LogP contribution in [0.4, 0.5) is 0 Å². The Hall–Kier alpha value is -1.60. The number of carboxylic acid groups (broad SMARTS) is 3. The number of carbonyl (C=O) groups is 3. The molecule has 0 heterocycles. The van der Waals surface area contributed by atoms with Crippen LogP contribution in [0.5, 0.6) is 0 Å². The number of hydrogen-bond acceptors (Lipinski definition) is 9. The van der Waals surface area contributed by atoms with Gasteiger partial charge in [-0.2, -0.15) is 15.8 Å². The first-order valence-electron chi connectivity index (χ1n) is 4.02. The van der Waals surface area contributed by atoms with Crippen LogP contribution in [0, 0.1) is 34.0 Å². The fourth-order valence-electron chi connectivity index (χ4n) is 0.194. The van der Waals surface area contributed by atoms with E-state index >= 15 is 0 Å². The summed E-state index contributed by atoms with van der Waals surface area (Å²) in [6.45, 7) is 0. The van der Waals surface area contributed by atoms with Crippen LogP contribution in [0.3, 0.4) is 0 Å². The Bertz CT molecular complexity index is 348. The molecular weight excluding hydrogens is 348 g/mol. The predicted molar refractivity (Wildman–Crippen MR) is 51.5 cm³/mol. The third kappa shape index (κ3) is 71.0. The van der Waals surface area contributed by atoms with Crippen molar-refractivity contribution < 1.29 is 59.3 Å². The van der Waals surface area contributed by atoms with Gasteiger partial charge in [-0.3, -0.25) is 0 Å². The normalized spacial score (nSPS) is 5.85. The molecule has 0 fully saturated rings. The summed E-state index contributed by atoms with van der Waals surface area (Å²) in [6, 6.07) is 4.22. The van der Waals surface area contributed by atoms with E-state index in [1.807, 2.05) is 0 Å². The van der Waals surface area contributed by atoms with Crippen LogP contribution in [0.15, 0.2) is 0 Å². The second-order valence-corrected chi connectivity index (χ2v) is 2.12. The zero-order valence-corrected chi connectivity index (χ0v) is 14.0. The average molecular weight is 354 g/mol. The number of carbonyl (C=O) groups excluding carboxylic acids is 3. The van der Waals surface area contributed by atoms with E-state index in [0.717, 1.165) is 0 Å². The van der Waals surface area contributed by atoms with E-state index in [0.29, 0.717) is 0 Å². The molecule has 0 N–H and O–H groups in total. The molecule has 11 heteroatoms. The van der Waals surface area contributed by atoms with Crippen molar-refractivity contribution in [2.75, 3.05) is 0 Å². The van der Waals surface area contributed by atoms with Crippen molar-refractivity contribution in [2.24, 2.45) is 0 Å². The molecule has 0 aromatic carbocycles. The minimum absolute atomic E-state index is 0. The van der Waals surface area contributed by atoms with Crippen LogP contribution in [0.25, 0.3) is 0 Å². The first-order chi connectivity index (χ1) is 8.31. The van der Waals surface area contributed by atoms with E-state index in [4.69, 9.17) is 15.8 Å². The standard InChI is InChI=1S/3C3H3NO2.Na.Se/c3*4-2-1-3(5)6;;/h3*1H2,(H,5,6);;/q;;;+1;+2/p-3. The summed E-state index contributed by atoms with van der Waals surface area (Å²) in [4.78, 5) is 27.8. The Morgan fingerprint density at radius 3 is 0.850 bits per heavy atom. The Balaban J connectivity index is -0.0000000536. The predicted octanol–water partition coefficient (Wildman–Crippen LogP) is -7.43. The molecule has 0 aliphatic carbocycles. The molecule has 0 unspecified atom stereocenters. The van der Waals surface area contributed by atoms with Crippen molar-refractivity contribution in [3.63, 3.8) is 0 Å². The third-order valence-corrected chi connectivity index (χ3v) is 0.670. The summed E-state index contributed by atoms with van der Waals surface area (Å²) in [5.41, 5.74) is 0. The summed E-state index contributed by atoms with van der Waals surface area (Å²) in [7, 11) is 0. The number of nitriles is 3. The number of carboxylic acids is 3. The zero-order valence-electron chi connectivity index (χ0n) is 10.3. The fourth-order valence-corrected chi connectivity index (χ4v) is 0.194. The molecule has 0 saturated heterocycles. The van der Waals surface area contributed by atoms with Crippen molar-refractivity contribution in [1.29, 1.82) is 15.8 Å². The second kappa shape index (κ2) is 26.1. The zero-order chi connectivity index (χ0) is 15.0. The molecule has 100 valence electrons. The molecule has 0 saturated carbocycles. The van der Waals surface area contributed by atoms with Gasteiger partial charge in [0.15, 0.2) is 0 Å². The molecule has 4 radical (unpaired) electrons. The van der Waals surface area contributed by atoms with Gasteiger partial charge in [0.2, 0.25) is 0 Å². The molecule has 0 bridgehead atoms. The first-order valence-corrected chi connectivity index (χ1v) is 4.02. The number of nitrogens with zero attached hydrogens (tertiary/aromatic N) is 3. The number of rotatable bonds is 3. The fraction of sp³-hybridized carbons (Fsp3) is 0.333. The summed E-state index contributed by atoms with van der Waals surface area (Å²) in [5.74, 6) is -3.97. The Kier molecular flexibility index (Phi) is 40.4. The van der Waals surface area contributed by atoms with Gasteiger partial charge in [-0.1, -0.05) is 0 Å². The van der Waals surface area contributed by atoms with Gasteiger partial charge in [0, 0.05) is 0 Å². The minimum atomic E-state index is -1.32. The van der Waals surface area contributed by atoms with E-state index in [1.54, 1.807) is 0 Å². The van der Waals surface area contributed by atoms with Gasteiger partial charge in [-0.15, -0.1) is 0 Å². The van der Waals surface area contributed by atoms with Crippen LogP contribution in [0.1, 0.15) is 19.3 Å². The van der Waals surface area contributed by atoms with Crippen molar-refractivity contribution >= 4 is 35.0 Å². The van der Waals surface area contributed by atoms with Crippen LogP contribution < -0.4 is 44.9 Å². The maximum Gasteiger partial charge on any atom is 2.00 e. The van der Waals surface area contributed by atoms with Crippen molar-refractivity contribution in [3.05, 3.63) is 0 Å². The van der Waals surface area contributed by atoms with Crippen LogP contribution in [-0.4, -0.2) is 35.0 Å². The topological polar surface area (TPSA) is 192 Å². The molecular formula is C9H6N3NaO6Se. The van der Waals surface area contributed by atoms with Gasteiger partial charge in [0.25, 0.3) is 0 Å². The SMILES string of the molecule is N#CCC(=O)[O-].N#CCC(=O)[O-].N#CCC(=O)[O-].[Na+].[Se+2]. The molecule has 9 nitrogen and oxygen atoms in total. The van der Waals surface area contributed by atoms with Gasteiger partial charge < -0.3 is 29.7 Å². The van der Waals surface area contributed by atoms with Gasteiger partial charge >= 0.3 is 46.6 Å². The van der Waals surface area contributed by atoms with E-state index in [1.165, 1.54) is 18.2 Å². The summed E-state index contributed by atoms with van der Waals surface area (Å²) in [6.07, 6.45) is -1.54. The monoisotopic (exact) mass is 355 g/mol. The van der Waals surface area contributed by atoms with Crippen LogP contribution in [-0.2, 0) is 14.4 Å². The van der Waals surface area contributed by atoms with Gasteiger partial charge in [0.1, 0.15) is 0 Å². The van der Waals surface area contributed by atoms with Crippen LogP contribution in [0.2, 0.25) is 0 Å². The molecule has 0 aliphatic heterocycles. The van der Waals surface area contributed by atoms with Crippen molar-refractivity contribution in [3.8, 4) is 18.2 Å². The van der Waals surface area contributed by atoms with Gasteiger partial charge in [0.05, 0.1) is 55.4 Å². The quantitative estimate of drug-likeness (QED) is 0.443. The van der Waals surface area contributed by atoms with Crippen molar-refractivity contribution in [1.82, 2.24) is 0 Å². The largest absolute Gasteiger partial charge is 2.00 e. The van der Waals surface area contributed by atoms with E-state index in [2.05, 4.69) is 0 Å². The second-order valence-electron chi connectivity index (χ2n) is 2.12. The number of hydrogen-bond donors (Lipinski definition) is 0. The summed E-state index contributed by atoms with van der Waals surface area (Å²) < 4.78 is 0. The third-order valence-electron chi connectivity index (χ3n) is 0.670. The molecule has 0 rings (SSSR count). The summed E-state index contributed by atoms with van der Waals surface area (Å²) in [5, 5.41) is 50.5. The van der Waals surface area contributed by atoms with E-state index in [-0.39, 0.29) is 46.6 Å². The molecule has 0 aromatic rings. The first kappa shape index (κ1) is 31.0. The molecule has 0 atom stereocenters. The molecule has 0 amide bonds. The van der Waals surface area contributed by atoms with Crippen molar-refractivity contribution in [2.45, 2.75) is 19.3 Å². The maximum atomic E-state index is 9.27. The summed E-state index contributed by atoms with van der Waals surface area (Å²) >= 11 is 0. The molecule has 0 aliphatic rings. The smallest absolute Gasteiger partial charge is 0.549 e. The molecule has 0 aromatic heterocycles. The van der Waals surface area contributed by atoms with E-state index < -0.39 is 37.2 Å². The Morgan fingerprint density at radius 2 is 0.850 bits per heavy atom. The number of aliphatic carboxylic acids is 3.